The Morgan fingerprint density at radius 3 is 2.39 bits per heavy atom. The summed E-state index contributed by atoms with van der Waals surface area (Å²) in [6.45, 7) is 9.28. The summed E-state index contributed by atoms with van der Waals surface area (Å²) < 4.78 is 2.25. The molecule has 18 heavy (non-hydrogen) atoms. The van der Waals surface area contributed by atoms with E-state index in [1.54, 1.807) is 0 Å². The molecule has 1 saturated carbocycles. The van der Waals surface area contributed by atoms with Crippen LogP contribution in [0.1, 0.15) is 57.8 Å². The molecule has 0 aromatic carbocycles. The van der Waals surface area contributed by atoms with Gasteiger partial charge in [0, 0.05) is 11.7 Å². The minimum Gasteiger partial charge on any atom is -0.267 e. The van der Waals surface area contributed by atoms with Crippen molar-refractivity contribution in [3.8, 4) is 0 Å². The molecule has 3 atom stereocenters. The molecular weight excluding hydrogens is 220 g/mol. The van der Waals surface area contributed by atoms with Crippen molar-refractivity contribution >= 4 is 0 Å². The zero-order valence-corrected chi connectivity index (χ0v) is 12.2. The maximum Gasteiger partial charge on any atom is 0.0524 e. The molecule has 0 aliphatic heterocycles. The fourth-order valence-corrected chi connectivity index (χ4v) is 4.25. The predicted molar refractivity (Wildman–Crippen MR) is 74.6 cm³/mol. The van der Waals surface area contributed by atoms with E-state index >= 15 is 0 Å². The Bertz CT molecular complexity index is 430. The van der Waals surface area contributed by atoms with Gasteiger partial charge in [0.2, 0.25) is 0 Å². The van der Waals surface area contributed by atoms with Gasteiger partial charge in [0.1, 0.15) is 0 Å². The zero-order chi connectivity index (χ0) is 12.9. The van der Waals surface area contributed by atoms with Crippen molar-refractivity contribution in [2.45, 2.75) is 59.4 Å². The third-order valence-electron chi connectivity index (χ3n) is 5.10. The Balaban J connectivity index is 1.79. The summed E-state index contributed by atoms with van der Waals surface area (Å²) in [5.41, 5.74) is 3.05. The van der Waals surface area contributed by atoms with Crippen molar-refractivity contribution in [2.75, 3.05) is 0 Å². The standard InChI is InChI=1S/C16H26N2/c1-10(2)16-13-6-5-12-9-17-18(11(3)4)15(12)8-7-14(13)16/h9-11,13-14,16H,5-8H2,1-4H3/t13-,14+,16?/m0/s1. The summed E-state index contributed by atoms with van der Waals surface area (Å²) in [7, 11) is 0. The molecule has 0 spiro atoms. The van der Waals surface area contributed by atoms with Gasteiger partial charge >= 0.3 is 0 Å². The Morgan fingerprint density at radius 2 is 1.78 bits per heavy atom. The van der Waals surface area contributed by atoms with E-state index in [4.69, 9.17) is 0 Å². The van der Waals surface area contributed by atoms with Crippen LogP contribution >= 0.6 is 0 Å². The van der Waals surface area contributed by atoms with E-state index < -0.39 is 0 Å². The third-order valence-corrected chi connectivity index (χ3v) is 5.10. The van der Waals surface area contributed by atoms with Gasteiger partial charge in [-0.15, -0.1) is 0 Å². The fraction of sp³-hybridized carbons (Fsp3) is 0.812. The molecule has 1 unspecified atom stereocenters. The van der Waals surface area contributed by atoms with Crippen LogP contribution in [0.15, 0.2) is 6.20 Å². The molecule has 0 bridgehead atoms. The summed E-state index contributed by atoms with van der Waals surface area (Å²) >= 11 is 0. The van der Waals surface area contributed by atoms with Crippen LogP contribution in [0.5, 0.6) is 0 Å². The molecule has 1 aromatic heterocycles. The van der Waals surface area contributed by atoms with Crippen molar-refractivity contribution in [3.63, 3.8) is 0 Å². The molecule has 0 N–H and O–H groups in total. The Hall–Kier alpha value is -0.790. The van der Waals surface area contributed by atoms with E-state index in [1.165, 1.54) is 36.9 Å². The Kier molecular flexibility index (Phi) is 2.99. The van der Waals surface area contributed by atoms with E-state index in [9.17, 15) is 0 Å². The second-order valence-electron chi connectivity index (χ2n) is 6.88. The van der Waals surface area contributed by atoms with Gasteiger partial charge in [-0.25, -0.2) is 0 Å². The monoisotopic (exact) mass is 246 g/mol. The maximum atomic E-state index is 4.59. The van der Waals surface area contributed by atoms with Gasteiger partial charge in [0.25, 0.3) is 0 Å². The first kappa shape index (κ1) is 12.3. The number of hydrogen-bond donors (Lipinski definition) is 0. The van der Waals surface area contributed by atoms with Crippen LogP contribution in [0.2, 0.25) is 0 Å². The van der Waals surface area contributed by atoms with Crippen molar-refractivity contribution in [1.82, 2.24) is 9.78 Å². The quantitative estimate of drug-likeness (QED) is 0.774. The van der Waals surface area contributed by atoms with Crippen LogP contribution in [-0.2, 0) is 12.8 Å². The minimum absolute atomic E-state index is 0.504. The van der Waals surface area contributed by atoms with E-state index in [1.807, 2.05) is 0 Å². The van der Waals surface area contributed by atoms with Crippen LogP contribution in [0, 0.1) is 23.7 Å². The maximum absolute atomic E-state index is 4.59. The SMILES string of the molecule is CC(C)C1[C@H]2CCc3cnn(C(C)C)c3CC[C@@H]12. The second-order valence-corrected chi connectivity index (χ2v) is 6.88. The summed E-state index contributed by atoms with van der Waals surface area (Å²) in [6, 6.07) is 0.504. The molecule has 3 rings (SSSR count). The summed E-state index contributed by atoms with van der Waals surface area (Å²) in [5, 5.41) is 4.59. The van der Waals surface area contributed by atoms with E-state index in [0.717, 1.165) is 23.7 Å². The Morgan fingerprint density at radius 1 is 1.11 bits per heavy atom. The van der Waals surface area contributed by atoms with Gasteiger partial charge in [0.15, 0.2) is 0 Å². The molecule has 2 aliphatic carbocycles. The highest BCUT2D eigenvalue weighted by atomic mass is 15.3. The molecule has 0 saturated heterocycles. The first-order valence-corrected chi connectivity index (χ1v) is 7.65. The van der Waals surface area contributed by atoms with E-state index in [2.05, 4.69) is 43.7 Å². The lowest BCUT2D eigenvalue weighted by atomic mass is 9.99. The highest BCUT2D eigenvalue weighted by Crippen LogP contribution is 2.56. The van der Waals surface area contributed by atoms with Gasteiger partial charge in [-0.2, -0.15) is 5.10 Å². The molecule has 1 heterocycles. The average molecular weight is 246 g/mol. The van der Waals surface area contributed by atoms with Gasteiger partial charge in [-0.3, -0.25) is 4.68 Å². The number of hydrogen-bond acceptors (Lipinski definition) is 1. The number of aryl methyl sites for hydroxylation is 1. The lowest BCUT2D eigenvalue weighted by molar-refractivity contribution is 0.478. The molecule has 0 radical (unpaired) electrons. The van der Waals surface area contributed by atoms with Crippen molar-refractivity contribution in [3.05, 3.63) is 17.5 Å². The number of nitrogens with zero attached hydrogens (tertiary/aromatic N) is 2. The highest BCUT2D eigenvalue weighted by Gasteiger charge is 2.50. The number of rotatable bonds is 2. The molecule has 2 nitrogen and oxygen atoms in total. The molecule has 1 aromatic rings. The number of fused-ring (bicyclic) bond motifs is 2. The van der Waals surface area contributed by atoms with Crippen LogP contribution in [0.3, 0.4) is 0 Å². The summed E-state index contributed by atoms with van der Waals surface area (Å²) in [4.78, 5) is 0. The van der Waals surface area contributed by atoms with Crippen LogP contribution in [0.25, 0.3) is 0 Å². The van der Waals surface area contributed by atoms with Crippen molar-refractivity contribution in [1.29, 1.82) is 0 Å². The fourth-order valence-electron chi connectivity index (χ4n) is 4.25. The first-order chi connectivity index (χ1) is 8.59. The van der Waals surface area contributed by atoms with Gasteiger partial charge in [-0.1, -0.05) is 13.8 Å². The van der Waals surface area contributed by atoms with E-state index in [0.29, 0.717) is 6.04 Å². The largest absolute Gasteiger partial charge is 0.267 e. The van der Waals surface area contributed by atoms with Crippen LogP contribution in [0.4, 0.5) is 0 Å². The molecule has 2 aliphatic rings. The second kappa shape index (κ2) is 4.40. The van der Waals surface area contributed by atoms with Crippen LogP contribution in [-0.4, -0.2) is 9.78 Å². The van der Waals surface area contributed by atoms with E-state index in [-0.39, 0.29) is 0 Å². The smallest absolute Gasteiger partial charge is 0.0524 e. The third kappa shape index (κ3) is 1.90. The number of aromatic nitrogens is 2. The molecule has 100 valence electrons. The summed E-state index contributed by atoms with van der Waals surface area (Å²) in [6.07, 6.45) is 7.41. The lowest BCUT2D eigenvalue weighted by Crippen LogP contribution is -2.10. The summed E-state index contributed by atoms with van der Waals surface area (Å²) in [5.74, 6) is 3.91. The Labute approximate surface area is 111 Å². The first-order valence-electron chi connectivity index (χ1n) is 7.65. The normalized spacial score (nSPS) is 30.9. The van der Waals surface area contributed by atoms with Gasteiger partial charge in [-0.05, 0) is 68.8 Å². The minimum atomic E-state index is 0.504. The zero-order valence-electron chi connectivity index (χ0n) is 12.2. The average Bonchev–Trinajstić information content (AvgIpc) is 2.81. The molecule has 2 heteroatoms. The topological polar surface area (TPSA) is 17.8 Å². The van der Waals surface area contributed by atoms with Crippen LogP contribution < -0.4 is 0 Å². The lowest BCUT2D eigenvalue weighted by Gasteiger charge is -2.14. The van der Waals surface area contributed by atoms with Crippen molar-refractivity contribution < 1.29 is 0 Å². The molecule has 0 amide bonds. The highest BCUT2D eigenvalue weighted by molar-refractivity contribution is 5.21. The molecular formula is C16H26N2. The van der Waals surface area contributed by atoms with Gasteiger partial charge in [0.05, 0.1) is 6.20 Å². The predicted octanol–water partition coefficient (Wildman–Crippen LogP) is 3.86. The van der Waals surface area contributed by atoms with Gasteiger partial charge < -0.3 is 0 Å². The van der Waals surface area contributed by atoms with Crippen molar-refractivity contribution in [2.24, 2.45) is 23.7 Å². The molecule has 1 fully saturated rings.